The number of hydrogen-bond donors (Lipinski definition) is 0. The lowest BCUT2D eigenvalue weighted by Gasteiger charge is -2.36. The molecular formula is C30H72N3O4P. The quantitative estimate of drug-likeness (QED) is 0.168. The molecule has 0 aromatic heterocycles. The van der Waals surface area contributed by atoms with Gasteiger partial charge < -0.3 is 32.7 Å². The minimum atomic E-state index is -5.39. The molecule has 0 rings (SSSR count). The smallest absolute Gasteiger partial charge is 0.0783 e. The lowest BCUT2D eigenvalue weighted by molar-refractivity contribution is -0.925. The summed E-state index contributed by atoms with van der Waals surface area (Å²) in [5, 5.41) is 0. The van der Waals surface area contributed by atoms with Crippen LogP contribution in [0.2, 0.25) is 0 Å². The van der Waals surface area contributed by atoms with Gasteiger partial charge in [0.2, 0.25) is 0 Å². The fourth-order valence-electron chi connectivity index (χ4n) is 5.75. The van der Waals surface area contributed by atoms with Gasteiger partial charge in [0.05, 0.1) is 78.5 Å². The van der Waals surface area contributed by atoms with Crippen LogP contribution in [0.15, 0.2) is 0 Å². The average molecular weight is 570 g/mol. The first-order valence-electron chi connectivity index (χ1n) is 16.0. The summed E-state index contributed by atoms with van der Waals surface area (Å²) in [6.45, 7) is 43.6. The van der Waals surface area contributed by atoms with Crippen LogP contribution in [0.3, 0.4) is 0 Å². The van der Waals surface area contributed by atoms with Crippen molar-refractivity contribution in [3.63, 3.8) is 0 Å². The largest absolute Gasteiger partial charge is 0.822 e. The summed E-state index contributed by atoms with van der Waals surface area (Å²) >= 11 is 0. The molecule has 0 fully saturated rings. The highest BCUT2D eigenvalue weighted by atomic mass is 31.2. The van der Waals surface area contributed by atoms with Crippen molar-refractivity contribution < 1.29 is 32.7 Å². The second-order valence-electron chi connectivity index (χ2n) is 10.7. The molecule has 0 aromatic rings. The van der Waals surface area contributed by atoms with Crippen LogP contribution in [0.5, 0.6) is 0 Å². The molecule has 0 heterocycles. The lowest BCUT2D eigenvalue weighted by Crippen LogP contribution is -2.48. The fourth-order valence-corrected chi connectivity index (χ4v) is 5.75. The Hall–Kier alpha value is -0.0100. The van der Waals surface area contributed by atoms with Crippen LogP contribution in [0.1, 0.15) is 122 Å². The Morgan fingerprint density at radius 1 is 0.368 bits per heavy atom. The molecule has 0 amide bonds. The maximum atomic E-state index is 8.55. The van der Waals surface area contributed by atoms with Crippen molar-refractivity contribution in [1.29, 1.82) is 0 Å². The Morgan fingerprint density at radius 2 is 0.474 bits per heavy atom. The summed E-state index contributed by atoms with van der Waals surface area (Å²) in [5.74, 6) is 0. The Balaban J connectivity index is -0.000000209. The highest BCUT2D eigenvalue weighted by Crippen LogP contribution is 2.10. The van der Waals surface area contributed by atoms with Crippen LogP contribution in [0.4, 0.5) is 0 Å². The van der Waals surface area contributed by atoms with Crippen LogP contribution < -0.4 is 14.7 Å². The first kappa shape index (κ1) is 45.0. The predicted octanol–water partition coefficient (Wildman–Crippen LogP) is 5.16. The first-order chi connectivity index (χ1) is 17.7. The van der Waals surface area contributed by atoms with Crippen molar-refractivity contribution in [3.8, 4) is 0 Å². The van der Waals surface area contributed by atoms with Crippen LogP contribution >= 0.6 is 7.82 Å². The molecular weight excluding hydrogens is 497 g/mol. The van der Waals surface area contributed by atoms with Gasteiger partial charge in [-0.05, 0) is 80.1 Å². The Bertz CT molecular complexity index is 428. The second-order valence-corrected chi connectivity index (χ2v) is 11.6. The van der Waals surface area contributed by atoms with Gasteiger partial charge in [0.25, 0.3) is 0 Å². The topological polar surface area (TPSA) is 86.2 Å². The van der Waals surface area contributed by atoms with E-state index in [0.29, 0.717) is 0 Å². The summed E-state index contributed by atoms with van der Waals surface area (Å²) in [6, 6.07) is 0. The zero-order valence-electron chi connectivity index (χ0n) is 28.1. The van der Waals surface area contributed by atoms with E-state index in [4.69, 9.17) is 19.2 Å². The lowest BCUT2D eigenvalue weighted by atomic mass is 10.2. The number of nitrogens with zero attached hydrogens (tertiary/aromatic N) is 3. The average Bonchev–Trinajstić information content (AvgIpc) is 2.88. The molecule has 0 radical (unpaired) electrons. The molecule has 8 heteroatoms. The van der Waals surface area contributed by atoms with Gasteiger partial charge in [-0.2, -0.15) is 7.82 Å². The van der Waals surface area contributed by atoms with E-state index in [1.54, 1.807) is 0 Å². The van der Waals surface area contributed by atoms with E-state index >= 15 is 0 Å². The zero-order valence-corrected chi connectivity index (χ0v) is 29.0. The van der Waals surface area contributed by atoms with E-state index in [1.807, 2.05) is 0 Å². The minimum Gasteiger partial charge on any atom is -0.822 e. The zero-order chi connectivity index (χ0) is 30.7. The summed E-state index contributed by atoms with van der Waals surface area (Å²) in [5.41, 5.74) is 0. The van der Waals surface area contributed by atoms with Gasteiger partial charge in [-0.25, -0.2) is 0 Å². The van der Waals surface area contributed by atoms with Crippen LogP contribution in [0.25, 0.3) is 0 Å². The van der Waals surface area contributed by atoms with E-state index in [-0.39, 0.29) is 0 Å². The maximum absolute atomic E-state index is 8.55. The molecule has 7 nitrogen and oxygen atoms in total. The number of rotatable bonds is 18. The van der Waals surface area contributed by atoms with Crippen LogP contribution in [0, 0.1) is 0 Å². The minimum absolute atomic E-state index is 1.30. The molecule has 0 N–H and O–H groups in total. The maximum Gasteiger partial charge on any atom is 0.0783 e. The first-order valence-corrected chi connectivity index (χ1v) is 17.5. The van der Waals surface area contributed by atoms with Crippen LogP contribution in [-0.4, -0.2) is 92.0 Å². The molecule has 0 aromatic carbocycles. The van der Waals surface area contributed by atoms with Crippen molar-refractivity contribution in [3.05, 3.63) is 0 Å². The number of quaternary nitrogens is 3. The number of hydrogen-bond acceptors (Lipinski definition) is 4. The van der Waals surface area contributed by atoms with E-state index < -0.39 is 7.82 Å². The van der Waals surface area contributed by atoms with Gasteiger partial charge in [-0.3, -0.25) is 0 Å². The summed E-state index contributed by atoms with van der Waals surface area (Å²) in [4.78, 5) is 25.6. The Labute approximate surface area is 240 Å². The number of phosphoric acid groups is 1. The van der Waals surface area contributed by atoms with E-state index in [0.717, 1.165) is 0 Å². The van der Waals surface area contributed by atoms with E-state index in [2.05, 4.69) is 83.1 Å². The molecule has 0 spiro atoms. The standard InChI is InChI=1S/3C10H24N.H3O4P/c3*1-5-9-11(7-3,8-4)10-6-2;1-5(2,3)4/h3*5-10H2,1-4H3;(H3,1,2,3,4)/q3*+1;/p-3. The third kappa shape index (κ3) is 25.0. The molecule has 236 valence electrons. The molecule has 0 aliphatic heterocycles. The predicted molar refractivity (Wildman–Crippen MR) is 163 cm³/mol. The van der Waals surface area contributed by atoms with E-state index in [9.17, 15) is 0 Å². The van der Waals surface area contributed by atoms with Gasteiger partial charge in [0.15, 0.2) is 0 Å². The monoisotopic (exact) mass is 570 g/mol. The van der Waals surface area contributed by atoms with Crippen molar-refractivity contribution >= 4 is 7.82 Å². The molecule has 0 atom stereocenters. The SMILES string of the molecule is CCC[N+](CC)(CC)CCC.CCC[N+](CC)(CC)CCC.CCC[N+](CC)(CC)CCC.O=P([O-])([O-])[O-]. The molecule has 0 aliphatic carbocycles. The van der Waals surface area contributed by atoms with Crippen LogP contribution in [-0.2, 0) is 4.57 Å². The molecule has 0 unspecified atom stereocenters. The fraction of sp³-hybridized carbons (Fsp3) is 1.00. The van der Waals surface area contributed by atoms with Crippen molar-refractivity contribution in [2.45, 2.75) is 122 Å². The van der Waals surface area contributed by atoms with E-state index in [1.165, 1.54) is 131 Å². The summed E-state index contributed by atoms with van der Waals surface area (Å²) in [6.07, 6.45) is 7.93. The highest BCUT2D eigenvalue weighted by Gasteiger charge is 2.21. The third-order valence-corrected chi connectivity index (χ3v) is 8.21. The summed E-state index contributed by atoms with van der Waals surface area (Å²) in [7, 11) is -5.39. The van der Waals surface area contributed by atoms with Gasteiger partial charge in [-0.1, -0.05) is 41.5 Å². The van der Waals surface area contributed by atoms with Gasteiger partial charge >= 0.3 is 0 Å². The summed E-state index contributed by atoms with van der Waals surface area (Å²) < 4.78 is 12.5. The van der Waals surface area contributed by atoms with Crippen molar-refractivity contribution in [1.82, 2.24) is 0 Å². The molecule has 0 aliphatic rings. The molecule has 0 saturated heterocycles. The third-order valence-electron chi connectivity index (χ3n) is 8.21. The Kier molecular flexibility index (Phi) is 32.2. The highest BCUT2D eigenvalue weighted by molar-refractivity contribution is 7.40. The van der Waals surface area contributed by atoms with Gasteiger partial charge in [0.1, 0.15) is 0 Å². The second kappa shape index (κ2) is 27.2. The van der Waals surface area contributed by atoms with Crippen molar-refractivity contribution in [2.24, 2.45) is 0 Å². The van der Waals surface area contributed by atoms with Crippen molar-refractivity contribution in [2.75, 3.05) is 78.5 Å². The van der Waals surface area contributed by atoms with Gasteiger partial charge in [0, 0.05) is 0 Å². The van der Waals surface area contributed by atoms with Gasteiger partial charge in [-0.15, -0.1) is 0 Å². The molecule has 0 saturated carbocycles. The Morgan fingerprint density at radius 3 is 0.526 bits per heavy atom. The molecule has 0 bridgehead atoms. The molecule has 38 heavy (non-hydrogen) atoms. The normalized spacial score (nSPS) is 12.0.